The summed E-state index contributed by atoms with van der Waals surface area (Å²) in [5, 5.41) is 16.7. The van der Waals surface area contributed by atoms with Crippen LogP contribution >= 0.6 is 0 Å². The molecule has 17 heavy (non-hydrogen) atoms. The number of hydrogen-bond acceptors (Lipinski definition) is 3. The number of halogens is 5. The van der Waals surface area contributed by atoms with Crippen molar-refractivity contribution in [2.24, 2.45) is 0 Å². The van der Waals surface area contributed by atoms with Crippen molar-refractivity contribution >= 4 is 29.6 Å². The number of rotatable bonds is 1. The minimum Gasteiger partial charge on any atom is -0.327 e. The molecule has 0 spiro atoms. The fourth-order valence-corrected chi connectivity index (χ4v) is 0.818. The molecule has 1 N–H and O–H groups in total. The maximum absolute atomic E-state index is 12.7. The summed E-state index contributed by atoms with van der Waals surface area (Å²) in [6, 6.07) is 2.47. The molecule has 1 aromatic heterocycles. The first-order valence-electron chi connectivity index (χ1n) is 3.59. The van der Waals surface area contributed by atoms with Crippen molar-refractivity contribution in [3.8, 4) is 12.1 Å². The number of nitrogens with zero attached hydrogens (tertiary/aromatic N) is 3. The second kappa shape index (κ2) is 5.00. The molecule has 1 rings (SSSR count). The van der Waals surface area contributed by atoms with Gasteiger partial charge in [0.15, 0.2) is 17.2 Å². The maximum atomic E-state index is 12.7. The van der Waals surface area contributed by atoms with Crippen LogP contribution < -0.4 is 0 Å². The molecule has 1 radical (unpaired) electrons. The average Bonchev–Trinajstić information content (AvgIpc) is 2.59. The van der Waals surface area contributed by atoms with Crippen LogP contribution in [0.3, 0.4) is 0 Å². The number of nitriles is 2. The Labute approximate surface area is 113 Å². The molecule has 0 saturated carbocycles. The zero-order valence-electron chi connectivity index (χ0n) is 8.23. The van der Waals surface area contributed by atoms with Gasteiger partial charge in [0.05, 0.1) is 0 Å². The zero-order valence-corrected chi connectivity index (χ0v) is 10.2. The molecule has 0 aromatic carbocycles. The van der Waals surface area contributed by atoms with Crippen LogP contribution in [0.15, 0.2) is 0 Å². The predicted molar refractivity (Wildman–Crippen MR) is 43.7 cm³/mol. The Morgan fingerprint density at radius 3 is 1.88 bits per heavy atom. The van der Waals surface area contributed by atoms with Gasteiger partial charge in [-0.15, -0.1) is 0 Å². The molecule has 0 aliphatic rings. The van der Waals surface area contributed by atoms with Gasteiger partial charge in [-0.25, -0.2) is 4.98 Å². The van der Waals surface area contributed by atoms with Gasteiger partial charge in [0.2, 0.25) is 0 Å². The van der Waals surface area contributed by atoms with Gasteiger partial charge in [0.1, 0.15) is 12.1 Å². The molecule has 0 saturated heterocycles. The molecule has 1 aromatic rings. The van der Waals surface area contributed by atoms with Gasteiger partial charge in [-0.3, -0.25) is 0 Å². The van der Waals surface area contributed by atoms with Crippen molar-refractivity contribution in [2.75, 3.05) is 0 Å². The van der Waals surface area contributed by atoms with Crippen LogP contribution in [0.2, 0.25) is 0 Å². The molecule has 0 amide bonds. The number of H-pyrrole nitrogens is 1. The fourth-order valence-electron chi connectivity index (χ4n) is 0.818. The predicted octanol–water partition coefficient (Wildman–Crippen LogP) is 1.43. The Bertz CT molecular complexity index is 460. The topological polar surface area (TPSA) is 76.3 Å². The Morgan fingerprint density at radius 2 is 1.59 bits per heavy atom. The number of aromatic amines is 1. The molecule has 0 aliphatic carbocycles. The van der Waals surface area contributed by atoms with Gasteiger partial charge >= 0.3 is 12.1 Å². The summed E-state index contributed by atoms with van der Waals surface area (Å²) in [6.07, 6.45) is -5.84. The van der Waals surface area contributed by atoms with E-state index in [9.17, 15) is 22.0 Å². The summed E-state index contributed by atoms with van der Waals surface area (Å²) in [5.74, 6) is -7.00. The molecule has 0 unspecified atom stereocenters. The standard InChI is InChI=1S/C7HF5N4.Na/c8-6(9,7(10,11)12)5-15-3(1-13)4(2-14)16-5;/h(H,15,16);. The van der Waals surface area contributed by atoms with E-state index in [2.05, 4.69) is 4.98 Å². The van der Waals surface area contributed by atoms with Gasteiger partial charge in [0, 0.05) is 29.6 Å². The van der Waals surface area contributed by atoms with Gasteiger partial charge in [-0.05, 0) is 0 Å². The Hall–Kier alpha value is -1.16. The van der Waals surface area contributed by atoms with E-state index < -0.39 is 29.3 Å². The van der Waals surface area contributed by atoms with Crippen LogP contribution in [-0.4, -0.2) is 45.7 Å². The van der Waals surface area contributed by atoms with Crippen molar-refractivity contribution in [1.29, 1.82) is 10.5 Å². The van der Waals surface area contributed by atoms with Crippen LogP contribution in [0.5, 0.6) is 0 Å². The summed E-state index contributed by atoms with van der Waals surface area (Å²) in [5.41, 5.74) is -1.54. The number of imidazole rings is 1. The van der Waals surface area contributed by atoms with Crippen LogP contribution in [-0.2, 0) is 5.92 Å². The van der Waals surface area contributed by atoms with Crippen molar-refractivity contribution < 1.29 is 22.0 Å². The molecule has 0 atom stereocenters. The van der Waals surface area contributed by atoms with Gasteiger partial charge in [0.25, 0.3) is 0 Å². The molecular formula is C7HF5N4Na. The Morgan fingerprint density at radius 1 is 1.06 bits per heavy atom. The monoisotopic (exact) mass is 259 g/mol. The SMILES string of the molecule is N#Cc1nc(C(F)(F)C(F)(F)F)[nH]c1C#N.[Na]. The van der Waals surface area contributed by atoms with E-state index in [1.807, 2.05) is 0 Å². The van der Waals surface area contributed by atoms with Gasteiger partial charge < -0.3 is 4.98 Å². The van der Waals surface area contributed by atoms with Crippen LogP contribution in [0.1, 0.15) is 17.2 Å². The summed E-state index contributed by atoms with van der Waals surface area (Å²) < 4.78 is 61.1. The molecule has 0 fully saturated rings. The zero-order chi connectivity index (χ0) is 12.6. The molecular weight excluding hydrogens is 258 g/mol. The van der Waals surface area contributed by atoms with Crippen molar-refractivity contribution in [2.45, 2.75) is 12.1 Å². The summed E-state index contributed by atoms with van der Waals surface area (Å²) in [7, 11) is 0. The van der Waals surface area contributed by atoms with Crippen LogP contribution in [0.25, 0.3) is 0 Å². The third-order valence-corrected chi connectivity index (χ3v) is 1.57. The molecule has 10 heteroatoms. The van der Waals surface area contributed by atoms with Crippen molar-refractivity contribution in [3.05, 3.63) is 17.2 Å². The summed E-state index contributed by atoms with van der Waals surface area (Å²) >= 11 is 0. The Balaban J connectivity index is 0.00000256. The molecule has 85 valence electrons. The summed E-state index contributed by atoms with van der Waals surface area (Å²) in [6.45, 7) is 0. The minimum absolute atomic E-state index is 0. The largest absolute Gasteiger partial charge is 0.461 e. The van der Waals surface area contributed by atoms with E-state index in [1.54, 1.807) is 0 Å². The normalized spacial score (nSPS) is 11.2. The molecule has 4 nitrogen and oxygen atoms in total. The maximum Gasteiger partial charge on any atom is 0.461 e. The first-order chi connectivity index (χ1) is 7.24. The van der Waals surface area contributed by atoms with Crippen molar-refractivity contribution in [3.63, 3.8) is 0 Å². The molecule has 0 aliphatic heterocycles. The third kappa shape index (κ3) is 2.75. The van der Waals surface area contributed by atoms with E-state index in [0.717, 1.165) is 0 Å². The summed E-state index contributed by atoms with van der Waals surface area (Å²) in [4.78, 5) is 4.19. The molecule has 0 bridgehead atoms. The number of nitrogens with one attached hydrogen (secondary N) is 1. The van der Waals surface area contributed by atoms with Crippen LogP contribution in [0.4, 0.5) is 22.0 Å². The van der Waals surface area contributed by atoms with Crippen molar-refractivity contribution in [1.82, 2.24) is 9.97 Å². The van der Waals surface area contributed by atoms with E-state index in [4.69, 9.17) is 10.5 Å². The minimum atomic E-state index is -5.84. The smallest absolute Gasteiger partial charge is 0.327 e. The molecule has 1 heterocycles. The van der Waals surface area contributed by atoms with E-state index >= 15 is 0 Å². The van der Waals surface area contributed by atoms with E-state index in [1.165, 1.54) is 17.1 Å². The van der Waals surface area contributed by atoms with Gasteiger partial charge in [-0.2, -0.15) is 32.5 Å². The third-order valence-electron chi connectivity index (χ3n) is 1.57. The quantitative estimate of drug-likeness (QED) is 0.612. The van der Waals surface area contributed by atoms with E-state index in [-0.39, 0.29) is 29.6 Å². The first kappa shape index (κ1) is 15.8. The fraction of sp³-hybridized carbons (Fsp3) is 0.286. The van der Waals surface area contributed by atoms with Gasteiger partial charge in [-0.1, -0.05) is 0 Å². The average molecular weight is 259 g/mol. The number of aromatic nitrogens is 2. The van der Waals surface area contributed by atoms with Crippen LogP contribution in [0, 0.1) is 22.7 Å². The van der Waals surface area contributed by atoms with E-state index in [0.29, 0.717) is 0 Å². The second-order valence-corrected chi connectivity index (χ2v) is 2.60. The second-order valence-electron chi connectivity index (χ2n) is 2.60. The Kier molecular flexibility index (Phi) is 4.66. The number of hydrogen-bond donors (Lipinski definition) is 1. The first-order valence-corrected chi connectivity index (χ1v) is 3.59. The number of alkyl halides is 5.